The number of aryl methyl sites for hydroxylation is 1. The first-order valence-electron chi connectivity index (χ1n) is 10.4. The summed E-state index contributed by atoms with van der Waals surface area (Å²) in [5.74, 6) is 0. The van der Waals surface area contributed by atoms with Gasteiger partial charge in [-0.25, -0.2) is 0 Å². The monoisotopic (exact) mass is 456 g/mol. The predicted molar refractivity (Wildman–Crippen MR) is 121 cm³/mol. The predicted octanol–water partition coefficient (Wildman–Crippen LogP) is 5.34. The Morgan fingerprint density at radius 3 is 2.76 bits per heavy atom. The molecule has 1 aliphatic carbocycles. The fourth-order valence-corrected chi connectivity index (χ4v) is 4.65. The Bertz CT molecular complexity index is 978. The molecule has 0 saturated heterocycles. The zero-order valence-corrected chi connectivity index (χ0v) is 18.7. The first kappa shape index (κ1) is 20.6. The van der Waals surface area contributed by atoms with Crippen molar-refractivity contribution in [1.29, 1.82) is 0 Å². The van der Waals surface area contributed by atoms with Gasteiger partial charge < -0.3 is 20.1 Å². The van der Waals surface area contributed by atoms with Gasteiger partial charge in [-0.1, -0.05) is 40.2 Å². The number of halogens is 1. The molecule has 1 aromatic heterocycles. The molecule has 0 saturated carbocycles. The molecule has 4 rings (SSSR count). The summed E-state index contributed by atoms with van der Waals surface area (Å²) in [7, 11) is 0. The van der Waals surface area contributed by atoms with Crippen LogP contribution in [0.25, 0.3) is 10.9 Å². The highest BCUT2D eigenvalue weighted by molar-refractivity contribution is 9.10. The first-order chi connectivity index (χ1) is 14.0. The highest BCUT2D eigenvalue weighted by Crippen LogP contribution is 2.36. The largest absolute Gasteiger partial charge is 0.394 e. The van der Waals surface area contributed by atoms with Gasteiger partial charge in [-0.15, -0.1) is 0 Å². The van der Waals surface area contributed by atoms with E-state index in [0.717, 1.165) is 29.4 Å². The van der Waals surface area contributed by atoms with Crippen LogP contribution in [0.2, 0.25) is 0 Å². The van der Waals surface area contributed by atoms with Crippen LogP contribution >= 0.6 is 15.9 Å². The van der Waals surface area contributed by atoms with Crippen molar-refractivity contribution in [2.24, 2.45) is 0 Å². The van der Waals surface area contributed by atoms with Crippen molar-refractivity contribution in [3.8, 4) is 0 Å². The third-order valence-electron chi connectivity index (χ3n) is 5.93. The molecule has 3 N–H and O–H groups in total. The Morgan fingerprint density at radius 1 is 1.21 bits per heavy atom. The van der Waals surface area contributed by atoms with Crippen LogP contribution < -0.4 is 5.32 Å². The van der Waals surface area contributed by atoms with Crippen LogP contribution in [0.1, 0.15) is 55.1 Å². The van der Waals surface area contributed by atoms with Gasteiger partial charge in [0.25, 0.3) is 0 Å². The molecule has 29 heavy (non-hydrogen) atoms. The summed E-state index contributed by atoms with van der Waals surface area (Å²) in [6.45, 7) is 5.30. The summed E-state index contributed by atoms with van der Waals surface area (Å²) in [5.41, 5.74) is 6.02. The molecular weight excluding hydrogens is 428 g/mol. The van der Waals surface area contributed by atoms with Gasteiger partial charge in [-0.05, 0) is 68.0 Å². The number of nitrogens with one attached hydrogen (secondary N) is 2. The molecule has 0 radical (unpaired) electrons. The van der Waals surface area contributed by atoms with E-state index < -0.39 is 5.60 Å². The minimum Gasteiger partial charge on any atom is -0.394 e. The second-order valence-corrected chi connectivity index (χ2v) is 9.23. The Kier molecular flexibility index (Phi) is 6.11. The second-order valence-electron chi connectivity index (χ2n) is 8.31. The normalized spacial score (nSPS) is 16.9. The number of benzene rings is 2. The lowest BCUT2D eigenvalue weighted by Crippen LogP contribution is -2.25. The Morgan fingerprint density at radius 2 is 2.00 bits per heavy atom. The molecule has 2 aromatic carbocycles. The number of aliphatic hydroxyl groups is 1. The molecule has 3 aromatic rings. The summed E-state index contributed by atoms with van der Waals surface area (Å²) >= 11 is 3.60. The topological polar surface area (TPSA) is 57.3 Å². The number of hydrogen-bond donors (Lipinski definition) is 3. The van der Waals surface area contributed by atoms with Gasteiger partial charge in [-0.2, -0.15) is 0 Å². The second kappa shape index (κ2) is 8.60. The van der Waals surface area contributed by atoms with Gasteiger partial charge in [0, 0.05) is 33.7 Å². The molecule has 1 atom stereocenters. The van der Waals surface area contributed by atoms with Gasteiger partial charge in [-0.3, -0.25) is 0 Å². The van der Waals surface area contributed by atoms with Crippen LogP contribution in [0.3, 0.4) is 0 Å². The van der Waals surface area contributed by atoms with Crippen molar-refractivity contribution in [2.75, 3.05) is 13.2 Å². The van der Waals surface area contributed by atoms with E-state index in [1.165, 1.54) is 34.1 Å². The number of H-pyrrole nitrogens is 1. The Balaban J connectivity index is 1.46. The van der Waals surface area contributed by atoms with E-state index in [9.17, 15) is 0 Å². The molecule has 0 unspecified atom stereocenters. The third kappa shape index (κ3) is 4.43. The maximum Gasteiger partial charge on any atom is 0.0876 e. The lowest BCUT2D eigenvalue weighted by atomic mass is 9.91. The maximum atomic E-state index is 9.01. The quantitative estimate of drug-likeness (QED) is 0.449. The van der Waals surface area contributed by atoms with Crippen LogP contribution in [0, 0.1) is 0 Å². The number of ether oxygens (including phenoxy) is 1. The molecule has 154 valence electrons. The highest BCUT2D eigenvalue weighted by atomic mass is 79.9. The molecular formula is C24H29BrN2O2. The minimum absolute atomic E-state index is 0.0412. The highest BCUT2D eigenvalue weighted by Gasteiger charge is 2.24. The minimum atomic E-state index is -0.397. The number of aromatic nitrogens is 1. The molecule has 0 amide bonds. The van der Waals surface area contributed by atoms with Crippen molar-refractivity contribution >= 4 is 26.8 Å². The molecule has 0 aliphatic heterocycles. The SMILES string of the molecule is CC(C)(OCCO)c1ccc(CN[C@@H]2CCCc3c2[nH]c2ccc(Br)cc32)cc1. The number of aliphatic hydroxyl groups excluding tert-OH is 1. The standard InChI is InChI=1S/C24H29BrN2O2/c1-24(2,29-13-12-28)17-8-6-16(7-9-17)15-26-22-5-3-4-19-20-14-18(25)10-11-21(20)27-23(19)22/h6-11,14,22,26-28H,3-5,12-13,15H2,1-2H3/t22-/m1/s1. The van der Waals surface area contributed by atoms with Crippen molar-refractivity contribution in [3.63, 3.8) is 0 Å². The van der Waals surface area contributed by atoms with Gasteiger partial charge >= 0.3 is 0 Å². The van der Waals surface area contributed by atoms with Crippen molar-refractivity contribution in [3.05, 3.63) is 69.3 Å². The smallest absolute Gasteiger partial charge is 0.0876 e. The first-order valence-corrected chi connectivity index (χ1v) is 11.1. The van der Waals surface area contributed by atoms with Crippen molar-refractivity contribution < 1.29 is 9.84 Å². The maximum absolute atomic E-state index is 9.01. The van der Waals surface area contributed by atoms with Gasteiger partial charge in [0.05, 0.1) is 18.8 Å². The molecule has 1 aliphatic rings. The summed E-state index contributed by atoms with van der Waals surface area (Å²) in [6, 6.07) is 15.4. The van der Waals surface area contributed by atoms with E-state index in [0.29, 0.717) is 12.6 Å². The molecule has 0 spiro atoms. The van der Waals surface area contributed by atoms with Gasteiger partial charge in [0.15, 0.2) is 0 Å². The van der Waals surface area contributed by atoms with E-state index in [1.54, 1.807) is 0 Å². The zero-order chi connectivity index (χ0) is 20.4. The lowest BCUT2D eigenvalue weighted by molar-refractivity contribution is -0.0369. The van der Waals surface area contributed by atoms with Crippen LogP contribution in [0.5, 0.6) is 0 Å². The number of aromatic amines is 1. The summed E-state index contributed by atoms with van der Waals surface area (Å²) in [5, 5.41) is 14.1. The Hall–Kier alpha value is -1.66. The molecule has 5 heteroatoms. The lowest BCUT2D eigenvalue weighted by Gasteiger charge is -2.26. The van der Waals surface area contributed by atoms with Crippen molar-refractivity contribution in [2.45, 2.75) is 51.3 Å². The number of rotatable bonds is 7. The van der Waals surface area contributed by atoms with Crippen LogP contribution in [-0.2, 0) is 23.3 Å². The van der Waals surface area contributed by atoms with E-state index >= 15 is 0 Å². The van der Waals surface area contributed by atoms with Gasteiger partial charge in [0.1, 0.15) is 0 Å². The number of fused-ring (bicyclic) bond motifs is 3. The fourth-order valence-electron chi connectivity index (χ4n) is 4.29. The van der Waals surface area contributed by atoms with E-state index in [2.05, 4.69) is 68.7 Å². The molecule has 4 nitrogen and oxygen atoms in total. The molecule has 0 bridgehead atoms. The van der Waals surface area contributed by atoms with Crippen LogP contribution in [-0.4, -0.2) is 23.3 Å². The average Bonchev–Trinajstić information content (AvgIpc) is 3.09. The zero-order valence-electron chi connectivity index (χ0n) is 17.1. The summed E-state index contributed by atoms with van der Waals surface area (Å²) in [6.07, 6.45) is 3.50. The van der Waals surface area contributed by atoms with E-state index in [-0.39, 0.29) is 6.61 Å². The third-order valence-corrected chi connectivity index (χ3v) is 6.42. The van der Waals surface area contributed by atoms with Crippen molar-refractivity contribution in [1.82, 2.24) is 10.3 Å². The molecule has 0 fully saturated rings. The van der Waals surface area contributed by atoms with Gasteiger partial charge in [0.2, 0.25) is 0 Å². The van der Waals surface area contributed by atoms with Crippen LogP contribution in [0.4, 0.5) is 0 Å². The van der Waals surface area contributed by atoms with E-state index in [1.807, 2.05) is 13.8 Å². The Labute approximate surface area is 180 Å². The van der Waals surface area contributed by atoms with Crippen LogP contribution in [0.15, 0.2) is 46.9 Å². The summed E-state index contributed by atoms with van der Waals surface area (Å²) < 4.78 is 6.90. The summed E-state index contributed by atoms with van der Waals surface area (Å²) in [4.78, 5) is 3.66. The fraction of sp³-hybridized carbons (Fsp3) is 0.417. The molecule has 1 heterocycles. The number of hydrogen-bond acceptors (Lipinski definition) is 3. The average molecular weight is 457 g/mol. The van der Waals surface area contributed by atoms with E-state index in [4.69, 9.17) is 9.84 Å².